The van der Waals surface area contributed by atoms with Crippen molar-refractivity contribution in [3.8, 4) is 5.75 Å². The quantitative estimate of drug-likeness (QED) is 0.483. The third-order valence-corrected chi connectivity index (χ3v) is 4.09. The van der Waals surface area contributed by atoms with E-state index in [1.807, 2.05) is 36.0 Å². The van der Waals surface area contributed by atoms with Crippen LogP contribution in [-0.4, -0.2) is 15.3 Å². The lowest BCUT2D eigenvalue weighted by Crippen LogP contribution is -2.03. The van der Waals surface area contributed by atoms with Crippen LogP contribution in [0.1, 0.15) is 21.7 Å². The number of benzene rings is 2. The Hall–Kier alpha value is -2.85. The second-order valence-corrected chi connectivity index (χ2v) is 5.89. The minimum absolute atomic E-state index is 0.0874. The lowest BCUT2D eigenvalue weighted by Gasteiger charge is -2.06. The van der Waals surface area contributed by atoms with E-state index in [-0.39, 0.29) is 5.78 Å². The highest BCUT2D eigenvalue weighted by molar-refractivity contribution is 6.32. The Kier molecular flexibility index (Phi) is 5.31. The highest BCUT2D eigenvalue weighted by Crippen LogP contribution is 2.18. The van der Waals surface area contributed by atoms with Gasteiger partial charge in [-0.15, -0.1) is 0 Å². The van der Waals surface area contributed by atoms with Crippen molar-refractivity contribution in [2.24, 2.45) is 7.05 Å². The van der Waals surface area contributed by atoms with Crippen molar-refractivity contribution < 1.29 is 9.53 Å². The summed E-state index contributed by atoms with van der Waals surface area (Å²) in [5.41, 5.74) is 1.40. The monoisotopic (exact) mass is 352 g/mol. The number of hydrogen-bond acceptors (Lipinski definition) is 3. The van der Waals surface area contributed by atoms with Gasteiger partial charge in [0.1, 0.15) is 18.2 Å². The van der Waals surface area contributed by atoms with Crippen molar-refractivity contribution in [3.05, 3.63) is 89.0 Å². The van der Waals surface area contributed by atoms with Crippen LogP contribution in [0.3, 0.4) is 0 Å². The number of hydrogen-bond donors (Lipinski definition) is 0. The summed E-state index contributed by atoms with van der Waals surface area (Å²) in [5, 5.41) is 0.615. The summed E-state index contributed by atoms with van der Waals surface area (Å²) in [5.74, 6) is 1.44. The molecule has 0 aliphatic heterocycles. The molecule has 0 bridgehead atoms. The van der Waals surface area contributed by atoms with E-state index in [1.165, 1.54) is 6.08 Å². The highest BCUT2D eigenvalue weighted by Gasteiger charge is 2.04. The van der Waals surface area contributed by atoms with Crippen molar-refractivity contribution in [1.82, 2.24) is 9.55 Å². The van der Waals surface area contributed by atoms with Gasteiger partial charge in [-0.25, -0.2) is 4.98 Å². The van der Waals surface area contributed by atoms with E-state index in [4.69, 9.17) is 16.3 Å². The van der Waals surface area contributed by atoms with E-state index < -0.39 is 0 Å². The Bertz CT molecular complexity index is 898. The van der Waals surface area contributed by atoms with Crippen molar-refractivity contribution in [2.75, 3.05) is 0 Å². The minimum Gasteiger partial charge on any atom is -0.486 e. The number of ketones is 1. The number of allylic oxidation sites excluding steroid dienone is 1. The van der Waals surface area contributed by atoms with Crippen molar-refractivity contribution in [2.45, 2.75) is 6.61 Å². The average molecular weight is 353 g/mol. The fourth-order valence-electron chi connectivity index (χ4n) is 2.27. The van der Waals surface area contributed by atoms with Gasteiger partial charge in [0, 0.05) is 30.0 Å². The van der Waals surface area contributed by atoms with Crippen molar-refractivity contribution in [1.29, 1.82) is 0 Å². The number of carbonyl (C=O) groups is 1. The summed E-state index contributed by atoms with van der Waals surface area (Å²) in [7, 11) is 1.92. The summed E-state index contributed by atoms with van der Waals surface area (Å²) in [6, 6.07) is 14.4. The number of aryl methyl sites for hydroxylation is 1. The topological polar surface area (TPSA) is 44.1 Å². The zero-order valence-corrected chi connectivity index (χ0v) is 14.5. The first-order valence-electron chi connectivity index (χ1n) is 7.79. The molecule has 3 rings (SSSR count). The molecule has 1 heterocycles. The van der Waals surface area contributed by atoms with Crippen LogP contribution in [0.5, 0.6) is 5.75 Å². The number of carbonyl (C=O) groups excluding carboxylic acids is 1. The van der Waals surface area contributed by atoms with Crippen molar-refractivity contribution in [3.63, 3.8) is 0 Å². The third kappa shape index (κ3) is 4.37. The molecular weight excluding hydrogens is 336 g/mol. The van der Waals surface area contributed by atoms with Gasteiger partial charge in [-0.3, -0.25) is 4.79 Å². The normalized spacial score (nSPS) is 11.0. The first-order valence-corrected chi connectivity index (χ1v) is 8.17. The summed E-state index contributed by atoms with van der Waals surface area (Å²) in [4.78, 5) is 16.4. The predicted octanol–water partition coefficient (Wildman–Crippen LogP) is 4.55. The van der Waals surface area contributed by atoms with Gasteiger partial charge in [0.15, 0.2) is 5.78 Å². The van der Waals surface area contributed by atoms with Gasteiger partial charge >= 0.3 is 0 Å². The van der Waals surface area contributed by atoms with Gasteiger partial charge in [0.2, 0.25) is 0 Å². The minimum atomic E-state index is -0.0874. The van der Waals surface area contributed by atoms with E-state index in [0.29, 0.717) is 22.9 Å². The van der Waals surface area contributed by atoms with E-state index >= 15 is 0 Å². The molecule has 126 valence electrons. The van der Waals surface area contributed by atoms with Crippen LogP contribution in [0, 0.1) is 0 Å². The van der Waals surface area contributed by atoms with Crippen molar-refractivity contribution >= 4 is 23.5 Å². The Labute approximate surface area is 151 Å². The second kappa shape index (κ2) is 7.81. The summed E-state index contributed by atoms with van der Waals surface area (Å²) < 4.78 is 7.58. The van der Waals surface area contributed by atoms with E-state index in [9.17, 15) is 4.79 Å². The SMILES string of the molecule is Cn1ccnc1COc1ccc(C(=O)/C=C/c2ccccc2Cl)cc1. The number of aromatic nitrogens is 2. The number of ether oxygens (including phenoxy) is 1. The summed E-state index contributed by atoms with van der Waals surface area (Å²) in [6.07, 6.45) is 6.83. The summed E-state index contributed by atoms with van der Waals surface area (Å²) in [6.45, 7) is 0.378. The molecule has 0 saturated carbocycles. The largest absolute Gasteiger partial charge is 0.486 e. The van der Waals surface area contributed by atoms with E-state index in [1.54, 1.807) is 42.6 Å². The van der Waals surface area contributed by atoms with Crippen LogP contribution in [0.2, 0.25) is 5.02 Å². The molecule has 0 aliphatic carbocycles. The number of nitrogens with zero attached hydrogens (tertiary/aromatic N) is 2. The Morgan fingerprint density at radius 1 is 1.20 bits per heavy atom. The van der Waals surface area contributed by atoms with Crippen LogP contribution in [0.25, 0.3) is 6.08 Å². The molecule has 0 radical (unpaired) electrons. The average Bonchev–Trinajstić information content (AvgIpc) is 3.04. The maximum absolute atomic E-state index is 12.2. The molecule has 5 heteroatoms. The number of halogens is 1. The molecule has 0 N–H and O–H groups in total. The fourth-order valence-corrected chi connectivity index (χ4v) is 2.47. The molecule has 0 atom stereocenters. The smallest absolute Gasteiger partial charge is 0.185 e. The molecule has 2 aromatic carbocycles. The van der Waals surface area contributed by atoms with Gasteiger partial charge < -0.3 is 9.30 Å². The maximum atomic E-state index is 12.2. The molecule has 0 fully saturated rings. The molecule has 4 nitrogen and oxygen atoms in total. The molecular formula is C20H17ClN2O2. The Morgan fingerprint density at radius 2 is 1.96 bits per heavy atom. The third-order valence-electron chi connectivity index (χ3n) is 3.75. The Morgan fingerprint density at radius 3 is 2.64 bits per heavy atom. The predicted molar refractivity (Wildman–Crippen MR) is 98.8 cm³/mol. The molecule has 1 aromatic heterocycles. The summed E-state index contributed by atoms with van der Waals surface area (Å²) >= 11 is 6.08. The molecule has 25 heavy (non-hydrogen) atoms. The van der Waals surface area contributed by atoms with Crippen LogP contribution in [0.4, 0.5) is 0 Å². The maximum Gasteiger partial charge on any atom is 0.185 e. The molecule has 3 aromatic rings. The molecule has 0 amide bonds. The first-order chi connectivity index (χ1) is 12.1. The van der Waals surface area contributed by atoms with Crippen LogP contribution in [0.15, 0.2) is 67.0 Å². The van der Waals surface area contributed by atoms with E-state index in [0.717, 1.165) is 11.4 Å². The lowest BCUT2D eigenvalue weighted by molar-refractivity contribution is 0.104. The van der Waals surface area contributed by atoms with Gasteiger partial charge in [-0.1, -0.05) is 29.8 Å². The van der Waals surface area contributed by atoms with Crippen LogP contribution in [-0.2, 0) is 13.7 Å². The molecule has 0 saturated heterocycles. The van der Waals surface area contributed by atoms with E-state index in [2.05, 4.69) is 4.98 Å². The number of imidazole rings is 1. The second-order valence-electron chi connectivity index (χ2n) is 5.49. The zero-order chi connectivity index (χ0) is 17.6. The fraction of sp³-hybridized carbons (Fsp3) is 0.100. The van der Waals surface area contributed by atoms with Crippen LogP contribution < -0.4 is 4.74 Å². The lowest BCUT2D eigenvalue weighted by atomic mass is 10.1. The standard InChI is InChI=1S/C20H17ClN2O2/c1-23-13-12-22-20(23)14-25-17-9-6-16(7-10-17)19(24)11-8-15-4-2-3-5-18(15)21/h2-13H,14H2,1H3/b11-8+. The van der Waals surface area contributed by atoms with Gasteiger partial charge in [-0.2, -0.15) is 0 Å². The molecule has 0 spiro atoms. The molecule has 0 aliphatic rings. The van der Waals surface area contributed by atoms with Gasteiger partial charge in [-0.05, 0) is 48.0 Å². The zero-order valence-electron chi connectivity index (χ0n) is 13.7. The Balaban J connectivity index is 1.62. The first kappa shape index (κ1) is 17.0. The van der Waals surface area contributed by atoms with Gasteiger partial charge in [0.05, 0.1) is 0 Å². The van der Waals surface area contributed by atoms with Crippen LogP contribution >= 0.6 is 11.6 Å². The number of rotatable bonds is 6. The molecule has 0 unspecified atom stereocenters. The van der Waals surface area contributed by atoms with Gasteiger partial charge in [0.25, 0.3) is 0 Å². The highest BCUT2D eigenvalue weighted by atomic mass is 35.5.